The van der Waals surface area contributed by atoms with Crippen molar-refractivity contribution in [3.63, 3.8) is 0 Å². The summed E-state index contributed by atoms with van der Waals surface area (Å²) in [6.45, 7) is 0. The van der Waals surface area contributed by atoms with Crippen molar-refractivity contribution in [1.82, 2.24) is 10.3 Å². The Bertz CT molecular complexity index is 740. The maximum Gasteiger partial charge on any atom is 0.0702 e. The van der Waals surface area contributed by atoms with Gasteiger partial charge in [-0.3, -0.25) is 4.98 Å². The average Bonchev–Trinajstić information content (AvgIpc) is 2.50. The molecule has 2 aromatic carbocycles. The van der Waals surface area contributed by atoms with E-state index in [1.165, 1.54) is 5.56 Å². The third-order valence-corrected chi connectivity index (χ3v) is 4.17. The topological polar surface area (TPSA) is 24.9 Å². The fourth-order valence-electron chi connectivity index (χ4n) is 2.46. The molecule has 0 bridgehead atoms. The molecule has 20 heavy (non-hydrogen) atoms. The number of nitrogens with zero attached hydrogens (tertiary/aromatic N) is 1. The lowest BCUT2D eigenvalue weighted by Gasteiger charge is -2.18. The van der Waals surface area contributed by atoms with Crippen molar-refractivity contribution in [2.45, 2.75) is 6.04 Å². The number of aromatic nitrogens is 1. The molecule has 3 aromatic rings. The molecule has 2 nitrogen and oxygen atoms in total. The Morgan fingerprint density at radius 3 is 2.60 bits per heavy atom. The van der Waals surface area contributed by atoms with E-state index in [4.69, 9.17) is 0 Å². The number of para-hydroxylation sites is 1. The number of pyridine rings is 1. The van der Waals surface area contributed by atoms with Crippen LogP contribution in [0.4, 0.5) is 0 Å². The van der Waals surface area contributed by atoms with Gasteiger partial charge in [-0.15, -0.1) is 0 Å². The second-order valence-corrected chi connectivity index (χ2v) is 5.56. The quantitative estimate of drug-likeness (QED) is 0.775. The molecule has 3 rings (SSSR count). The van der Waals surface area contributed by atoms with Gasteiger partial charge in [0.15, 0.2) is 0 Å². The zero-order valence-electron chi connectivity index (χ0n) is 11.2. The van der Waals surface area contributed by atoms with Crippen molar-refractivity contribution in [2.75, 3.05) is 7.05 Å². The van der Waals surface area contributed by atoms with E-state index >= 15 is 0 Å². The van der Waals surface area contributed by atoms with Crippen molar-refractivity contribution in [2.24, 2.45) is 0 Å². The normalized spacial score (nSPS) is 12.5. The highest BCUT2D eigenvalue weighted by atomic mass is 79.9. The Morgan fingerprint density at radius 1 is 1.05 bits per heavy atom. The van der Waals surface area contributed by atoms with Gasteiger partial charge in [0.1, 0.15) is 0 Å². The second kappa shape index (κ2) is 5.73. The Labute approximate surface area is 127 Å². The summed E-state index contributed by atoms with van der Waals surface area (Å²) in [6, 6.07) is 18.8. The number of hydrogen-bond donors (Lipinski definition) is 1. The van der Waals surface area contributed by atoms with Crippen molar-refractivity contribution >= 4 is 26.8 Å². The molecule has 1 unspecified atom stereocenters. The summed E-state index contributed by atoms with van der Waals surface area (Å²) in [4.78, 5) is 4.55. The van der Waals surface area contributed by atoms with Gasteiger partial charge >= 0.3 is 0 Å². The molecule has 0 spiro atoms. The fourth-order valence-corrected chi connectivity index (χ4v) is 2.97. The molecule has 1 atom stereocenters. The van der Waals surface area contributed by atoms with Gasteiger partial charge in [-0.05, 0) is 36.4 Å². The largest absolute Gasteiger partial charge is 0.309 e. The molecule has 3 heteroatoms. The SMILES string of the molecule is CNC(c1cnc2ccccc2c1)c1ccccc1Br. The second-order valence-electron chi connectivity index (χ2n) is 4.70. The van der Waals surface area contributed by atoms with E-state index in [-0.39, 0.29) is 6.04 Å². The van der Waals surface area contributed by atoms with Crippen LogP contribution < -0.4 is 5.32 Å². The molecule has 1 aromatic heterocycles. The summed E-state index contributed by atoms with van der Waals surface area (Å²) in [5.41, 5.74) is 3.41. The number of halogens is 1. The fraction of sp³-hybridized carbons (Fsp3) is 0.118. The number of benzene rings is 2. The van der Waals surface area contributed by atoms with Gasteiger partial charge in [-0.1, -0.05) is 52.3 Å². The molecule has 0 fully saturated rings. The molecule has 0 aliphatic carbocycles. The molecule has 0 aliphatic rings. The van der Waals surface area contributed by atoms with E-state index in [0.717, 1.165) is 20.9 Å². The van der Waals surface area contributed by atoms with Gasteiger partial charge in [0.25, 0.3) is 0 Å². The predicted octanol–water partition coefficient (Wildman–Crippen LogP) is 4.31. The summed E-state index contributed by atoms with van der Waals surface area (Å²) in [7, 11) is 1.97. The maximum atomic E-state index is 4.55. The summed E-state index contributed by atoms with van der Waals surface area (Å²) in [6.07, 6.45) is 1.95. The van der Waals surface area contributed by atoms with Crippen molar-refractivity contribution in [3.05, 3.63) is 76.4 Å². The maximum absolute atomic E-state index is 4.55. The minimum Gasteiger partial charge on any atom is -0.309 e. The first-order valence-corrected chi connectivity index (χ1v) is 7.35. The third-order valence-electron chi connectivity index (χ3n) is 3.45. The Morgan fingerprint density at radius 2 is 1.80 bits per heavy atom. The molecule has 0 aliphatic heterocycles. The highest BCUT2D eigenvalue weighted by Gasteiger charge is 2.15. The molecule has 1 heterocycles. The summed E-state index contributed by atoms with van der Waals surface area (Å²) >= 11 is 3.62. The van der Waals surface area contributed by atoms with Crippen LogP contribution in [0.2, 0.25) is 0 Å². The third kappa shape index (κ3) is 2.47. The Kier molecular flexibility index (Phi) is 3.81. The highest BCUT2D eigenvalue weighted by molar-refractivity contribution is 9.10. The Balaban J connectivity index is 2.10. The van der Waals surface area contributed by atoms with E-state index in [1.54, 1.807) is 0 Å². The zero-order chi connectivity index (χ0) is 13.9. The van der Waals surface area contributed by atoms with Crippen LogP contribution >= 0.6 is 15.9 Å². The van der Waals surface area contributed by atoms with E-state index in [9.17, 15) is 0 Å². The van der Waals surface area contributed by atoms with Gasteiger partial charge in [0.2, 0.25) is 0 Å². The van der Waals surface area contributed by atoms with Gasteiger partial charge < -0.3 is 5.32 Å². The van der Waals surface area contributed by atoms with Gasteiger partial charge in [0, 0.05) is 16.1 Å². The van der Waals surface area contributed by atoms with Crippen LogP contribution in [0.15, 0.2) is 65.3 Å². The molecular weight excluding hydrogens is 312 g/mol. The lowest BCUT2D eigenvalue weighted by Crippen LogP contribution is -2.18. The lowest BCUT2D eigenvalue weighted by molar-refractivity contribution is 0.687. The number of hydrogen-bond acceptors (Lipinski definition) is 2. The summed E-state index contributed by atoms with van der Waals surface area (Å²) in [5, 5.41) is 4.53. The highest BCUT2D eigenvalue weighted by Crippen LogP contribution is 2.29. The molecule has 0 saturated heterocycles. The van der Waals surface area contributed by atoms with E-state index in [0.29, 0.717) is 0 Å². The van der Waals surface area contributed by atoms with Gasteiger partial charge in [0.05, 0.1) is 11.6 Å². The van der Waals surface area contributed by atoms with Gasteiger partial charge in [-0.25, -0.2) is 0 Å². The minimum atomic E-state index is 0.127. The average molecular weight is 327 g/mol. The number of rotatable bonds is 3. The lowest BCUT2D eigenvalue weighted by atomic mass is 9.99. The first kappa shape index (κ1) is 13.3. The zero-order valence-corrected chi connectivity index (χ0v) is 12.8. The van der Waals surface area contributed by atoms with E-state index < -0.39 is 0 Å². The van der Waals surface area contributed by atoms with Crippen molar-refractivity contribution in [1.29, 1.82) is 0 Å². The van der Waals surface area contributed by atoms with Gasteiger partial charge in [-0.2, -0.15) is 0 Å². The predicted molar refractivity (Wildman–Crippen MR) is 86.8 cm³/mol. The first-order valence-electron chi connectivity index (χ1n) is 6.56. The molecule has 0 amide bonds. The van der Waals surface area contributed by atoms with Crippen LogP contribution in [0.3, 0.4) is 0 Å². The van der Waals surface area contributed by atoms with E-state index in [1.807, 2.05) is 37.5 Å². The molecule has 0 saturated carbocycles. The Hall–Kier alpha value is -1.71. The summed E-state index contributed by atoms with van der Waals surface area (Å²) in [5.74, 6) is 0. The van der Waals surface area contributed by atoms with E-state index in [2.05, 4.69) is 56.6 Å². The smallest absolute Gasteiger partial charge is 0.0702 e. The molecule has 100 valence electrons. The summed E-state index contributed by atoms with van der Waals surface area (Å²) < 4.78 is 1.10. The first-order chi connectivity index (χ1) is 9.79. The minimum absolute atomic E-state index is 0.127. The number of fused-ring (bicyclic) bond motifs is 1. The molecule has 0 radical (unpaired) electrons. The molecular formula is C17H15BrN2. The van der Waals surface area contributed by atoms with Crippen LogP contribution in [0, 0.1) is 0 Å². The van der Waals surface area contributed by atoms with Crippen molar-refractivity contribution in [3.8, 4) is 0 Å². The van der Waals surface area contributed by atoms with Crippen LogP contribution in [-0.2, 0) is 0 Å². The van der Waals surface area contributed by atoms with Crippen LogP contribution in [0.1, 0.15) is 17.2 Å². The number of nitrogens with one attached hydrogen (secondary N) is 1. The van der Waals surface area contributed by atoms with Crippen LogP contribution in [0.25, 0.3) is 10.9 Å². The standard InChI is InChI=1S/C17H15BrN2/c1-19-17(14-7-3-4-8-15(14)18)13-10-12-6-2-5-9-16(12)20-11-13/h2-11,17,19H,1H3. The van der Waals surface area contributed by atoms with Crippen LogP contribution in [-0.4, -0.2) is 12.0 Å². The molecule has 1 N–H and O–H groups in total. The van der Waals surface area contributed by atoms with Crippen LogP contribution in [0.5, 0.6) is 0 Å². The van der Waals surface area contributed by atoms with Crippen molar-refractivity contribution < 1.29 is 0 Å². The monoisotopic (exact) mass is 326 g/mol.